The van der Waals surface area contributed by atoms with Crippen LogP contribution in [-0.4, -0.2) is 31.3 Å². The quantitative estimate of drug-likeness (QED) is 0.827. The van der Waals surface area contributed by atoms with Crippen LogP contribution in [0.3, 0.4) is 0 Å². The maximum absolute atomic E-state index is 11.4. The molecule has 2 rings (SSSR count). The Bertz CT molecular complexity index is 403. The van der Waals surface area contributed by atoms with Gasteiger partial charge in [-0.25, -0.2) is 0 Å². The van der Waals surface area contributed by atoms with E-state index in [4.69, 9.17) is 9.84 Å². The van der Waals surface area contributed by atoms with Crippen molar-refractivity contribution in [2.45, 2.75) is 12.8 Å². The van der Waals surface area contributed by atoms with Crippen molar-refractivity contribution in [2.75, 3.05) is 25.2 Å². The number of ether oxygens (including phenoxy) is 1. The summed E-state index contributed by atoms with van der Waals surface area (Å²) in [5.41, 5.74) is 1.86. The van der Waals surface area contributed by atoms with Crippen LogP contribution in [0, 0.1) is 0 Å². The number of likely N-dealkylation sites (N-methyl/N-ethyl adjacent to an activating group) is 1. The number of hydrogen-bond donors (Lipinski definition) is 1. The third-order valence-electron chi connectivity index (χ3n) is 2.76. The SMILES string of the molecule is CN1C(=O)COc2c(CCCO)cccc21. The maximum Gasteiger partial charge on any atom is 0.264 e. The van der Waals surface area contributed by atoms with Crippen molar-refractivity contribution in [3.05, 3.63) is 23.8 Å². The molecule has 1 aliphatic rings. The topological polar surface area (TPSA) is 49.8 Å². The second kappa shape index (κ2) is 4.53. The predicted molar refractivity (Wildman–Crippen MR) is 60.8 cm³/mol. The number of para-hydroxylation sites is 1. The number of anilines is 1. The van der Waals surface area contributed by atoms with E-state index in [0.29, 0.717) is 6.42 Å². The molecule has 1 aromatic rings. The van der Waals surface area contributed by atoms with Gasteiger partial charge in [0.25, 0.3) is 5.91 Å². The Morgan fingerprint density at radius 3 is 3.06 bits per heavy atom. The molecule has 0 bridgehead atoms. The third-order valence-corrected chi connectivity index (χ3v) is 2.76. The van der Waals surface area contributed by atoms with Crippen LogP contribution in [0.15, 0.2) is 18.2 Å². The van der Waals surface area contributed by atoms with Gasteiger partial charge in [0.05, 0.1) is 5.69 Å². The zero-order valence-electron chi connectivity index (χ0n) is 9.27. The number of aryl methyl sites for hydroxylation is 1. The molecule has 0 atom stereocenters. The fourth-order valence-corrected chi connectivity index (χ4v) is 1.83. The minimum atomic E-state index is -0.0354. The minimum Gasteiger partial charge on any atom is -0.481 e. The van der Waals surface area contributed by atoms with E-state index < -0.39 is 0 Å². The molecular formula is C12H15NO3. The summed E-state index contributed by atoms with van der Waals surface area (Å²) in [6.07, 6.45) is 1.47. The molecule has 0 radical (unpaired) electrons. The molecule has 1 aliphatic heterocycles. The lowest BCUT2D eigenvalue weighted by Gasteiger charge is -2.27. The smallest absolute Gasteiger partial charge is 0.264 e. The Kier molecular flexibility index (Phi) is 3.10. The number of rotatable bonds is 3. The van der Waals surface area contributed by atoms with Crippen LogP contribution in [0.5, 0.6) is 5.75 Å². The normalized spacial score (nSPS) is 14.6. The Morgan fingerprint density at radius 2 is 2.31 bits per heavy atom. The zero-order chi connectivity index (χ0) is 11.5. The third kappa shape index (κ3) is 1.88. The van der Waals surface area contributed by atoms with Gasteiger partial charge in [0, 0.05) is 13.7 Å². The summed E-state index contributed by atoms with van der Waals surface area (Å²) >= 11 is 0. The highest BCUT2D eigenvalue weighted by Crippen LogP contribution is 2.34. The number of aliphatic hydroxyl groups excluding tert-OH is 1. The lowest BCUT2D eigenvalue weighted by Crippen LogP contribution is -2.35. The standard InChI is InChI=1S/C12H15NO3/c1-13-10-6-2-4-9(5-3-7-14)12(10)16-8-11(13)15/h2,4,6,14H,3,5,7-8H2,1H3. The summed E-state index contributed by atoms with van der Waals surface area (Å²) in [5, 5.41) is 8.82. The first kappa shape index (κ1) is 11.0. The van der Waals surface area contributed by atoms with Crippen molar-refractivity contribution < 1.29 is 14.6 Å². The van der Waals surface area contributed by atoms with E-state index in [1.165, 1.54) is 0 Å². The molecule has 0 aliphatic carbocycles. The second-order valence-corrected chi connectivity index (χ2v) is 3.83. The molecule has 0 unspecified atom stereocenters. The first-order chi connectivity index (χ1) is 7.74. The van der Waals surface area contributed by atoms with Gasteiger partial charge in [-0.05, 0) is 24.5 Å². The molecule has 0 spiro atoms. The lowest BCUT2D eigenvalue weighted by molar-refractivity contribution is -0.121. The van der Waals surface area contributed by atoms with Crippen LogP contribution in [-0.2, 0) is 11.2 Å². The van der Waals surface area contributed by atoms with Gasteiger partial charge in [-0.3, -0.25) is 4.79 Å². The van der Waals surface area contributed by atoms with E-state index in [9.17, 15) is 4.79 Å². The van der Waals surface area contributed by atoms with E-state index >= 15 is 0 Å². The molecule has 4 heteroatoms. The molecule has 86 valence electrons. The van der Waals surface area contributed by atoms with Crippen LogP contribution in [0.4, 0.5) is 5.69 Å². The van der Waals surface area contributed by atoms with Crippen LogP contribution < -0.4 is 9.64 Å². The Hall–Kier alpha value is -1.55. The minimum absolute atomic E-state index is 0.0354. The molecule has 1 N–H and O–H groups in total. The van der Waals surface area contributed by atoms with Gasteiger partial charge in [0.2, 0.25) is 0 Å². The van der Waals surface area contributed by atoms with Gasteiger partial charge in [-0.15, -0.1) is 0 Å². The largest absolute Gasteiger partial charge is 0.481 e. The Labute approximate surface area is 94.4 Å². The van der Waals surface area contributed by atoms with Crippen LogP contribution in [0.25, 0.3) is 0 Å². The van der Waals surface area contributed by atoms with Crippen LogP contribution in [0.2, 0.25) is 0 Å². The average molecular weight is 221 g/mol. The van der Waals surface area contributed by atoms with Crippen molar-refractivity contribution >= 4 is 11.6 Å². The number of aliphatic hydroxyl groups is 1. The van der Waals surface area contributed by atoms with Crippen molar-refractivity contribution in [1.82, 2.24) is 0 Å². The molecule has 0 saturated carbocycles. The van der Waals surface area contributed by atoms with Gasteiger partial charge >= 0.3 is 0 Å². The van der Waals surface area contributed by atoms with Crippen molar-refractivity contribution in [3.63, 3.8) is 0 Å². The molecule has 1 heterocycles. The van der Waals surface area contributed by atoms with E-state index in [1.807, 2.05) is 18.2 Å². The van der Waals surface area contributed by atoms with Crippen molar-refractivity contribution in [1.29, 1.82) is 0 Å². The molecular weight excluding hydrogens is 206 g/mol. The van der Waals surface area contributed by atoms with E-state index in [0.717, 1.165) is 23.4 Å². The van der Waals surface area contributed by atoms with E-state index in [1.54, 1.807) is 11.9 Å². The number of benzene rings is 1. The van der Waals surface area contributed by atoms with Crippen molar-refractivity contribution in [3.8, 4) is 5.75 Å². The first-order valence-corrected chi connectivity index (χ1v) is 5.36. The highest BCUT2D eigenvalue weighted by Gasteiger charge is 2.23. The predicted octanol–water partition coefficient (Wildman–Crippen LogP) is 0.967. The highest BCUT2D eigenvalue weighted by molar-refractivity contribution is 5.97. The molecule has 0 fully saturated rings. The highest BCUT2D eigenvalue weighted by atomic mass is 16.5. The van der Waals surface area contributed by atoms with Gasteiger partial charge in [0.15, 0.2) is 6.61 Å². The van der Waals surface area contributed by atoms with Crippen LogP contribution in [0.1, 0.15) is 12.0 Å². The Balaban J connectivity index is 2.33. The van der Waals surface area contributed by atoms with Gasteiger partial charge < -0.3 is 14.7 Å². The summed E-state index contributed by atoms with van der Waals surface area (Å²) < 4.78 is 5.46. The summed E-state index contributed by atoms with van der Waals surface area (Å²) in [7, 11) is 1.75. The van der Waals surface area contributed by atoms with Crippen molar-refractivity contribution in [2.24, 2.45) is 0 Å². The number of hydrogen-bond acceptors (Lipinski definition) is 3. The van der Waals surface area contributed by atoms with E-state index in [-0.39, 0.29) is 19.1 Å². The molecule has 1 amide bonds. The van der Waals surface area contributed by atoms with Gasteiger partial charge in [-0.2, -0.15) is 0 Å². The fraction of sp³-hybridized carbons (Fsp3) is 0.417. The van der Waals surface area contributed by atoms with Gasteiger partial charge in [0.1, 0.15) is 5.75 Å². The lowest BCUT2D eigenvalue weighted by atomic mass is 10.1. The molecule has 1 aromatic carbocycles. The Morgan fingerprint density at radius 1 is 1.50 bits per heavy atom. The number of fused-ring (bicyclic) bond motifs is 1. The number of carbonyl (C=O) groups is 1. The zero-order valence-corrected chi connectivity index (χ0v) is 9.27. The fourth-order valence-electron chi connectivity index (χ4n) is 1.83. The number of carbonyl (C=O) groups excluding carboxylic acids is 1. The maximum atomic E-state index is 11.4. The first-order valence-electron chi connectivity index (χ1n) is 5.36. The summed E-state index contributed by atoms with van der Waals surface area (Å²) in [6.45, 7) is 0.262. The van der Waals surface area contributed by atoms with Crippen LogP contribution >= 0.6 is 0 Å². The average Bonchev–Trinajstić information content (AvgIpc) is 2.31. The summed E-state index contributed by atoms with van der Waals surface area (Å²) in [6, 6.07) is 5.75. The molecule has 4 nitrogen and oxygen atoms in total. The number of amides is 1. The summed E-state index contributed by atoms with van der Waals surface area (Å²) in [4.78, 5) is 13.1. The molecule has 16 heavy (non-hydrogen) atoms. The second-order valence-electron chi connectivity index (χ2n) is 3.83. The number of nitrogens with zero attached hydrogens (tertiary/aromatic N) is 1. The molecule has 0 saturated heterocycles. The monoisotopic (exact) mass is 221 g/mol. The summed E-state index contributed by atoms with van der Waals surface area (Å²) in [5.74, 6) is 0.741. The van der Waals surface area contributed by atoms with E-state index in [2.05, 4.69) is 0 Å². The molecule has 0 aromatic heterocycles. The van der Waals surface area contributed by atoms with Gasteiger partial charge in [-0.1, -0.05) is 12.1 Å².